The molecule has 73 heavy (non-hydrogen) atoms. The molecule has 2 atom stereocenters. The first-order chi connectivity index (χ1) is 34.4. The molecule has 4 aliphatic carbocycles. The third-order valence-electron chi connectivity index (χ3n) is 19.7. The summed E-state index contributed by atoms with van der Waals surface area (Å²) in [5.41, 5.74) is 22.2. The van der Waals surface area contributed by atoms with Crippen LogP contribution >= 0.6 is 22.6 Å². The van der Waals surface area contributed by atoms with Crippen LogP contribution in [0.3, 0.4) is 0 Å². The van der Waals surface area contributed by atoms with E-state index in [1.165, 1.54) is 68.0 Å². The average molecular weight is 1080 g/mol. The van der Waals surface area contributed by atoms with Gasteiger partial charge < -0.3 is 19.3 Å². The highest BCUT2D eigenvalue weighted by molar-refractivity contribution is 14.1. The number of nitrogens with zero attached hydrogens (tertiary/aromatic N) is 2. The molecule has 6 aliphatic rings. The topological polar surface area (TPSA) is 39.9 Å². The Balaban J connectivity index is 1.15. The fourth-order valence-electron chi connectivity index (χ4n) is 14.9. The second kappa shape index (κ2) is 15.5. The zero-order valence-corrected chi connectivity index (χ0v) is 47.7. The highest BCUT2D eigenvalue weighted by Gasteiger charge is 2.52. The van der Waals surface area contributed by atoms with Crippen LogP contribution in [0.25, 0.3) is 32.7 Å². The van der Waals surface area contributed by atoms with Gasteiger partial charge in [0, 0.05) is 31.6 Å². The zero-order valence-electron chi connectivity index (χ0n) is 45.5. The summed E-state index contributed by atoms with van der Waals surface area (Å²) in [6.45, 7) is 31.1. The van der Waals surface area contributed by atoms with Crippen LogP contribution in [0.1, 0.15) is 156 Å². The van der Waals surface area contributed by atoms with Gasteiger partial charge in [-0.15, -0.1) is 0 Å². The highest BCUT2D eigenvalue weighted by atomic mass is 127. The van der Waals surface area contributed by atoms with Gasteiger partial charge in [0.15, 0.2) is 0 Å². The number of alkyl halides is 1. The summed E-state index contributed by atoms with van der Waals surface area (Å²) in [6.07, 6.45) is 10.3. The van der Waals surface area contributed by atoms with Crippen LogP contribution in [0.2, 0.25) is 0 Å². The van der Waals surface area contributed by atoms with Crippen molar-refractivity contribution in [2.45, 2.75) is 160 Å². The number of halogens is 1. The maximum Gasteiger partial charge on any atom is 0.296 e. The number of aryl methyl sites for hydroxylation is 1. The van der Waals surface area contributed by atoms with E-state index in [2.05, 4.69) is 226 Å². The number of hydrogen-bond donors (Lipinski definition) is 1. The SMILES string of the molecule is CC1=C(C2=C(O)B3c4cc5c(cc4N(c4cccc6oc7cc8ccccc8cc7c46)c4cc(C)cc(c43)N2c2ccc3c(c2)C(C)(C)CCC3(C)C)C(C)(C)CCC5(C)C)CC2C(=C1)C(C)(I)CCC2(C)C. The van der Waals surface area contributed by atoms with Gasteiger partial charge in [0.2, 0.25) is 0 Å². The Morgan fingerprint density at radius 3 is 1.89 bits per heavy atom. The monoisotopic (exact) mass is 1070 g/mol. The van der Waals surface area contributed by atoms with Gasteiger partial charge in [-0.1, -0.05) is 146 Å². The van der Waals surface area contributed by atoms with Crippen LogP contribution in [-0.2, 0) is 21.7 Å². The molecule has 7 aromatic rings. The fraction of sp³-hybridized carbons (Fsp3) is 0.403. The summed E-state index contributed by atoms with van der Waals surface area (Å²) in [5, 5.41) is 18.8. The third kappa shape index (κ3) is 6.89. The molecule has 6 heteroatoms. The lowest BCUT2D eigenvalue weighted by Crippen LogP contribution is -2.57. The van der Waals surface area contributed by atoms with Gasteiger partial charge in [0.05, 0.1) is 22.4 Å². The molecule has 2 aliphatic heterocycles. The molecule has 1 saturated carbocycles. The molecule has 372 valence electrons. The fourth-order valence-corrected chi connectivity index (χ4v) is 15.7. The normalized spacial score (nSPS) is 24.1. The van der Waals surface area contributed by atoms with E-state index in [4.69, 9.17) is 4.42 Å². The van der Waals surface area contributed by atoms with Crippen molar-refractivity contribution in [1.82, 2.24) is 0 Å². The number of aliphatic hydroxyl groups is 1. The Hall–Kier alpha value is -5.21. The van der Waals surface area contributed by atoms with Gasteiger partial charge in [0.1, 0.15) is 11.2 Å². The Morgan fingerprint density at radius 1 is 0.589 bits per heavy atom. The molecular weight excluding hydrogens is 1000 g/mol. The quantitative estimate of drug-likeness (QED) is 0.109. The van der Waals surface area contributed by atoms with Gasteiger partial charge in [-0.05, 0) is 214 Å². The Morgan fingerprint density at radius 2 is 1.21 bits per heavy atom. The zero-order chi connectivity index (χ0) is 51.3. The van der Waals surface area contributed by atoms with Crippen LogP contribution in [0, 0.1) is 18.3 Å². The number of fused-ring (bicyclic) bond motifs is 9. The highest BCUT2D eigenvalue weighted by Crippen LogP contribution is 2.59. The molecule has 2 unspecified atom stereocenters. The van der Waals surface area contributed by atoms with E-state index in [1.54, 1.807) is 5.57 Å². The van der Waals surface area contributed by atoms with Crippen molar-refractivity contribution < 1.29 is 9.52 Å². The Labute approximate surface area is 448 Å². The summed E-state index contributed by atoms with van der Waals surface area (Å²) < 4.78 is 6.94. The van der Waals surface area contributed by atoms with Crippen molar-refractivity contribution >= 4 is 101 Å². The van der Waals surface area contributed by atoms with E-state index in [0.717, 1.165) is 93.6 Å². The third-order valence-corrected chi connectivity index (χ3v) is 20.9. The molecule has 1 N–H and O–H groups in total. The Bertz CT molecular complexity index is 3680. The minimum atomic E-state index is -0.397. The first kappa shape index (κ1) is 47.5. The molecular formula is C67H72BIN2O2. The van der Waals surface area contributed by atoms with Crippen molar-refractivity contribution in [3.05, 3.63) is 159 Å². The molecule has 0 radical (unpaired) electrons. The number of benzene rings is 6. The van der Waals surface area contributed by atoms with Crippen molar-refractivity contribution in [3.8, 4) is 0 Å². The summed E-state index contributed by atoms with van der Waals surface area (Å²) in [5.74, 6) is 0.355. The van der Waals surface area contributed by atoms with Crippen LogP contribution in [0.5, 0.6) is 0 Å². The minimum absolute atomic E-state index is 0.00153. The Kier molecular flexibility index (Phi) is 10.1. The summed E-state index contributed by atoms with van der Waals surface area (Å²) in [6, 6.07) is 37.1. The second-order valence-electron chi connectivity index (χ2n) is 26.9. The molecule has 0 bridgehead atoms. The van der Waals surface area contributed by atoms with Crippen LogP contribution in [0.4, 0.5) is 28.4 Å². The lowest BCUT2D eigenvalue weighted by atomic mass is 9.35. The number of rotatable bonds is 3. The standard InChI is InChI=1S/C67H72BIN2O2/c1-38-29-54-59-55(30-38)71(52-19-16-20-56-58(52)44-32-40-17-14-15-18-41(40)33-57(44)73-56)53-37-49-48(64(7,8)25-26-65(49,9)10)36-51(53)68(59)61(72)60(43-35-47-50(31-39(43)2)67(13,69)28-27-66(47,11)12)70(54)42-21-22-45-46(34-42)63(5,6)24-23-62(45,3)4/h14-22,29-34,36-37,47,72H,23-28,35H2,1-13H3. The molecule has 13 rings (SSSR count). The second-order valence-corrected chi connectivity index (χ2v) is 29.3. The number of allylic oxidation sites excluding steroid dienone is 4. The van der Waals surface area contributed by atoms with Crippen molar-refractivity contribution in [2.24, 2.45) is 11.3 Å². The van der Waals surface area contributed by atoms with E-state index in [-0.39, 0.29) is 30.5 Å². The molecule has 6 aromatic carbocycles. The van der Waals surface area contributed by atoms with Crippen LogP contribution in [0.15, 0.2) is 136 Å². The van der Waals surface area contributed by atoms with Gasteiger partial charge in [-0.25, -0.2) is 0 Å². The smallest absolute Gasteiger partial charge is 0.296 e. The van der Waals surface area contributed by atoms with Crippen molar-refractivity contribution in [1.29, 1.82) is 0 Å². The van der Waals surface area contributed by atoms with E-state index in [0.29, 0.717) is 11.6 Å². The molecule has 4 nitrogen and oxygen atoms in total. The van der Waals surface area contributed by atoms with E-state index in [9.17, 15) is 5.11 Å². The van der Waals surface area contributed by atoms with Crippen LogP contribution < -0.4 is 20.7 Å². The largest absolute Gasteiger partial charge is 0.519 e. The maximum absolute atomic E-state index is 14.2. The van der Waals surface area contributed by atoms with Gasteiger partial charge in [0.25, 0.3) is 6.71 Å². The van der Waals surface area contributed by atoms with Crippen LogP contribution in [-0.4, -0.2) is 15.2 Å². The molecule has 1 fully saturated rings. The lowest BCUT2D eigenvalue weighted by molar-refractivity contribution is 0.174. The van der Waals surface area contributed by atoms with Gasteiger partial charge >= 0.3 is 0 Å². The van der Waals surface area contributed by atoms with Crippen molar-refractivity contribution in [2.75, 3.05) is 9.80 Å². The molecule has 1 aromatic heterocycles. The maximum atomic E-state index is 14.2. The van der Waals surface area contributed by atoms with E-state index < -0.39 is 6.71 Å². The van der Waals surface area contributed by atoms with Gasteiger partial charge in [-0.2, -0.15) is 0 Å². The minimum Gasteiger partial charge on any atom is -0.519 e. The number of furan rings is 1. The number of anilines is 5. The van der Waals surface area contributed by atoms with Gasteiger partial charge in [-0.3, -0.25) is 0 Å². The first-order valence-electron chi connectivity index (χ1n) is 27.3. The first-order valence-corrected chi connectivity index (χ1v) is 28.4. The molecule has 0 amide bonds. The predicted octanol–water partition coefficient (Wildman–Crippen LogP) is 17.9. The lowest BCUT2D eigenvalue weighted by Gasteiger charge is -2.51. The molecule has 3 heterocycles. The molecule has 0 spiro atoms. The average Bonchev–Trinajstić information content (AvgIpc) is 3.70. The van der Waals surface area contributed by atoms with E-state index >= 15 is 0 Å². The summed E-state index contributed by atoms with van der Waals surface area (Å²) in [7, 11) is 0. The number of hydrogen-bond acceptors (Lipinski definition) is 4. The van der Waals surface area contributed by atoms with Crippen molar-refractivity contribution in [3.63, 3.8) is 0 Å². The van der Waals surface area contributed by atoms with E-state index in [1.807, 2.05) is 0 Å². The summed E-state index contributed by atoms with van der Waals surface area (Å²) >= 11 is 2.75. The molecule has 0 saturated heterocycles. The predicted molar refractivity (Wildman–Crippen MR) is 319 cm³/mol. The summed E-state index contributed by atoms with van der Waals surface area (Å²) in [4.78, 5) is 5.10. The number of aliphatic hydroxyl groups excluding tert-OH is 1.